The molecule has 0 bridgehead atoms. The van der Waals surface area contributed by atoms with E-state index in [1.54, 1.807) is 20.8 Å². The molecule has 0 saturated carbocycles. The van der Waals surface area contributed by atoms with Gasteiger partial charge in [0.25, 0.3) is 0 Å². The molecule has 4 nitrogen and oxygen atoms in total. The number of amides is 1. The number of benzene rings is 1. The third kappa shape index (κ3) is 2.91. The summed E-state index contributed by atoms with van der Waals surface area (Å²) in [6.07, 6.45) is 0.180. The minimum Gasteiger partial charge on any atom is -0.444 e. The fourth-order valence-corrected chi connectivity index (χ4v) is 1.90. The van der Waals surface area contributed by atoms with Gasteiger partial charge >= 0.3 is 6.09 Å². The number of carbonyl (C=O) groups excluding carboxylic acids is 1. The van der Waals surface area contributed by atoms with Crippen molar-refractivity contribution in [1.29, 1.82) is 0 Å². The Labute approximate surface area is 106 Å². The number of hydrogen-bond acceptors (Lipinski definition) is 3. The van der Waals surface area contributed by atoms with Crippen LogP contribution in [0.25, 0.3) is 0 Å². The molecular formula is C13H17FN2O2. The Morgan fingerprint density at radius 2 is 2.17 bits per heavy atom. The summed E-state index contributed by atoms with van der Waals surface area (Å²) in [5.41, 5.74) is 1.51. The Morgan fingerprint density at radius 3 is 2.83 bits per heavy atom. The maximum atomic E-state index is 13.4. The van der Waals surface area contributed by atoms with Gasteiger partial charge in [0.15, 0.2) is 0 Å². The van der Waals surface area contributed by atoms with Crippen LogP contribution in [0.2, 0.25) is 0 Å². The third-order valence-electron chi connectivity index (χ3n) is 2.52. The molecule has 98 valence electrons. The topological polar surface area (TPSA) is 50.4 Å². The number of rotatable bonds is 1. The van der Waals surface area contributed by atoms with Crippen molar-refractivity contribution in [3.05, 3.63) is 23.5 Å². The van der Waals surface area contributed by atoms with Crippen molar-refractivity contribution < 1.29 is 13.9 Å². The average Bonchev–Trinajstić information content (AvgIpc) is 2.61. The summed E-state index contributed by atoms with van der Waals surface area (Å²) < 4.78 is 18.5. The van der Waals surface area contributed by atoms with Crippen LogP contribution in [0, 0.1) is 5.82 Å². The summed E-state index contributed by atoms with van der Waals surface area (Å²) in [4.78, 5) is 11.7. The Balaban J connectivity index is 2.17. The highest BCUT2D eigenvalue weighted by Gasteiger charge is 2.20. The number of fused-ring (bicyclic) bond motifs is 1. The van der Waals surface area contributed by atoms with Crippen molar-refractivity contribution in [2.24, 2.45) is 0 Å². The summed E-state index contributed by atoms with van der Waals surface area (Å²) in [5.74, 6) is -0.358. The molecule has 2 N–H and O–H groups in total. The van der Waals surface area contributed by atoms with Gasteiger partial charge in [-0.2, -0.15) is 0 Å². The number of ether oxygens (including phenoxy) is 1. The van der Waals surface area contributed by atoms with Gasteiger partial charge in [-0.05, 0) is 44.9 Å². The lowest BCUT2D eigenvalue weighted by Crippen LogP contribution is -2.27. The molecule has 0 aromatic heterocycles. The van der Waals surface area contributed by atoms with Crippen LogP contribution in [-0.2, 0) is 11.2 Å². The van der Waals surface area contributed by atoms with E-state index in [0.717, 1.165) is 24.2 Å². The predicted molar refractivity (Wildman–Crippen MR) is 68.5 cm³/mol. The highest BCUT2D eigenvalue weighted by atomic mass is 19.1. The van der Waals surface area contributed by atoms with Gasteiger partial charge in [-0.1, -0.05) is 0 Å². The normalized spacial score (nSPS) is 13.8. The molecule has 1 aromatic rings. The van der Waals surface area contributed by atoms with Crippen molar-refractivity contribution >= 4 is 17.5 Å². The molecule has 1 aliphatic rings. The smallest absolute Gasteiger partial charge is 0.412 e. The van der Waals surface area contributed by atoms with Gasteiger partial charge in [0.2, 0.25) is 0 Å². The Kier molecular flexibility index (Phi) is 3.15. The standard InChI is InChI=1S/C13H17FN2O2/c1-13(2,3)18-12(17)16-10-7-9(14)6-8-4-5-15-11(8)10/h6-7,15H,4-5H2,1-3H3,(H,16,17). The molecule has 1 aliphatic heterocycles. The first-order valence-electron chi connectivity index (χ1n) is 5.91. The summed E-state index contributed by atoms with van der Waals surface area (Å²) in [6.45, 7) is 6.09. The molecule has 0 aliphatic carbocycles. The quantitative estimate of drug-likeness (QED) is 0.807. The fourth-order valence-electron chi connectivity index (χ4n) is 1.90. The van der Waals surface area contributed by atoms with Crippen molar-refractivity contribution in [1.82, 2.24) is 0 Å². The van der Waals surface area contributed by atoms with E-state index in [1.807, 2.05) is 0 Å². The average molecular weight is 252 g/mol. The first-order chi connectivity index (χ1) is 8.35. The van der Waals surface area contributed by atoms with E-state index >= 15 is 0 Å². The maximum absolute atomic E-state index is 13.4. The Hall–Kier alpha value is -1.78. The summed E-state index contributed by atoms with van der Waals surface area (Å²) >= 11 is 0. The maximum Gasteiger partial charge on any atom is 0.412 e. The van der Waals surface area contributed by atoms with Crippen LogP contribution in [0.3, 0.4) is 0 Å². The second kappa shape index (κ2) is 4.48. The Bertz CT molecular complexity index is 481. The van der Waals surface area contributed by atoms with Crippen molar-refractivity contribution in [2.45, 2.75) is 32.8 Å². The first-order valence-corrected chi connectivity index (χ1v) is 5.91. The molecule has 1 aromatic carbocycles. The van der Waals surface area contributed by atoms with E-state index in [4.69, 9.17) is 4.74 Å². The van der Waals surface area contributed by atoms with Crippen LogP contribution < -0.4 is 10.6 Å². The molecule has 2 rings (SSSR count). The summed E-state index contributed by atoms with van der Waals surface area (Å²) in [7, 11) is 0. The van der Waals surface area contributed by atoms with Crippen molar-refractivity contribution in [2.75, 3.05) is 17.2 Å². The minimum absolute atomic E-state index is 0.358. The van der Waals surface area contributed by atoms with Gasteiger partial charge in [0, 0.05) is 6.54 Å². The van der Waals surface area contributed by atoms with E-state index in [9.17, 15) is 9.18 Å². The van der Waals surface area contributed by atoms with Crippen LogP contribution in [0.4, 0.5) is 20.6 Å². The van der Waals surface area contributed by atoms with Crippen LogP contribution >= 0.6 is 0 Å². The van der Waals surface area contributed by atoms with Gasteiger partial charge in [-0.3, -0.25) is 5.32 Å². The number of halogens is 1. The van der Waals surface area contributed by atoms with E-state index in [2.05, 4.69) is 10.6 Å². The van der Waals surface area contributed by atoms with E-state index in [-0.39, 0.29) is 5.82 Å². The molecule has 18 heavy (non-hydrogen) atoms. The molecule has 5 heteroatoms. The second-order valence-electron chi connectivity index (χ2n) is 5.29. The molecule has 0 saturated heterocycles. The molecule has 0 atom stereocenters. The highest BCUT2D eigenvalue weighted by Crippen LogP contribution is 2.32. The Morgan fingerprint density at radius 1 is 1.44 bits per heavy atom. The summed E-state index contributed by atoms with van der Waals surface area (Å²) in [6, 6.07) is 2.77. The lowest BCUT2D eigenvalue weighted by atomic mass is 10.1. The molecule has 1 amide bonds. The van der Waals surface area contributed by atoms with E-state index in [0.29, 0.717) is 5.69 Å². The van der Waals surface area contributed by atoms with Crippen molar-refractivity contribution in [3.63, 3.8) is 0 Å². The van der Waals surface area contributed by atoms with E-state index < -0.39 is 11.7 Å². The fraction of sp³-hybridized carbons (Fsp3) is 0.462. The summed E-state index contributed by atoms with van der Waals surface area (Å²) in [5, 5.41) is 5.70. The molecule has 0 radical (unpaired) electrons. The highest BCUT2D eigenvalue weighted by molar-refractivity contribution is 5.91. The lowest BCUT2D eigenvalue weighted by Gasteiger charge is -2.20. The van der Waals surface area contributed by atoms with Gasteiger partial charge in [0.05, 0.1) is 11.4 Å². The van der Waals surface area contributed by atoms with Crippen LogP contribution in [0.5, 0.6) is 0 Å². The van der Waals surface area contributed by atoms with Crippen LogP contribution in [0.15, 0.2) is 12.1 Å². The third-order valence-corrected chi connectivity index (χ3v) is 2.52. The number of hydrogen-bond donors (Lipinski definition) is 2. The molecule has 0 unspecified atom stereocenters. The minimum atomic E-state index is -0.580. The zero-order valence-electron chi connectivity index (χ0n) is 10.8. The lowest BCUT2D eigenvalue weighted by molar-refractivity contribution is 0.0636. The largest absolute Gasteiger partial charge is 0.444 e. The van der Waals surface area contributed by atoms with Crippen LogP contribution in [-0.4, -0.2) is 18.2 Å². The number of carbonyl (C=O) groups is 1. The second-order valence-corrected chi connectivity index (χ2v) is 5.29. The number of anilines is 2. The van der Waals surface area contributed by atoms with Gasteiger partial charge < -0.3 is 10.1 Å². The first kappa shape index (κ1) is 12.7. The van der Waals surface area contributed by atoms with Gasteiger partial charge in [0.1, 0.15) is 11.4 Å². The van der Waals surface area contributed by atoms with E-state index in [1.165, 1.54) is 12.1 Å². The molecule has 1 heterocycles. The predicted octanol–water partition coefficient (Wildman–Crippen LogP) is 3.14. The number of nitrogens with one attached hydrogen (secondary N) is 2. The zero-order chi connectivity index (χ0) is 13.3. The van der Waals surface area contributed by atoms with Gasteiger partial charge in [-0.25, -0.2) is 9.18 Å². The zero-order valence-corrected chi connectivity index (χ0v) is 10.8. The molecular weight excluding hydrogens is 235 g/mol. The van der Waals surface area contributed by atoms with Gasteiger partial charge in [-0.15, -0.1) is 0 Å². The SMILES string of the molecule is CC(C)(C)OC(=O)Nc1cc(F)cc2c1NCC2. The monoisotopic (exact) mass is 252 g/mol. The molecule has 0 fully saturated rings. The van der Waals surface area contributed by atoms with Crippen LogP contribution in [0.1, 0.15) is 26.3 Å². The molecule has 0 spiro atoms. The van der Waals surface area contributed by atoms with Crippen molar-refractivity contribution in [3.8, 4) is 0 Å².